The van der Waals surface area contributed by atoms with E-state index in [1.807, 2.05) is 43.3 Å². The molecule has 0 spiro atoms. The number of nitrogens with zero attached hydrogens (tertiary/aromatic N) is 3. The van der Waals surface area contributed by atoms with E-state index in [2.05, 4.69) is 30.9 Å². The van der Waals surface area contributed by atoms with E-state index in [1.54, 1.807) is 19.2 Å². The first-order valence-corrected chi connectivity index (χ1v) is 11.0. The molecule has 154 valence electrons. The zero-order chi connectivity index (χ0) is 21.2. The van der Waals surface area contributed by atoms with E-state index in [1.165, 1.54) is 4.31 Å². The fraction of sp³-hybridized carbons (Fsp3) is 0.364. The van der Waals surface area contributed by atoms with Crippen LogP contribution in [-0.2, 0) is 21.9 Å². The Morgan fingerprint density at radius 2 is 1.62 bits per heavy atom. The maximum Gasteiger partial charge on any atom is 0.257 e. The smallest absolute Gasteiger partial charge is 0.257 e. The van der Waals surface area contributed by atoms with Crippen molar-refractivity contribution < 1.29 is 12.9 Å². The summed E-state index contributed by atoms with van der Waals surface area (Å²) in [5, 5.41) is 3.97. The van der Waals surface area contributed by atoms with Crippen LogP contribution in [0.5, 0.6) is 0 Å². The van der Waals surface area contributed by atoms with Gasteiger partial charge in [-0.25, -0.2) is 12.7 Å². The molecule has 1 aromatic heterocycles. The number of rotatable bonds is 6. The van der Waals surface area contributed by atoms with Gasteiger partial charge in [-0.1, -0.05) is 55.8 Å². The van der Waals surface area contributed by atoms with Crippen molar-refractivity contribution in [1.29, 1.82) is 0 Å². The molecule has 0 aliphatic heterocycles. The summed E-state index contributed by atoms with van der Waals surface area (Å²) in [6.07, 6.45) is 0.366. The van der Waals surface area contributed by atoms with Crippen LogP contribution in [0.25, 0.3) is 11.5 Å². The Hall–Kier alpha value is -2.51. The molecule has 7 heteroatoms. The van der Waals surface area contributed by atoms with Crippen molar-refractivity contribution >= 4 is 10.0 Å². The average Bonchev–Trinajstić information content (AvgIpc) is 3.15. The first kappa shape index (κ1) is 21.2. The van der Waals surface area contributed by atoms with Crippen LogP contribution >= 0.6 is 0 Å². The molecule has 0 unspecified atom stereocenters. The second-order valence-corrected chi connectivity index (χ2v) is 10.3. The van der Waals surface area contributed by atoms with Crippen LogP contribution in [0, 0.1) is 6.92 Å². The van der Waals surface area contributed by atoms with Crippen LogP contribution in [0.1, 0.15) is 37.7 Å². The topological polar surface area (TPSA) is 76.3 Å². The SMILES string of the molecule is Cc1ccc(-c2nc(CCN(C)S(=O)(=O)c3ccc(C(C)(C)C)cc3)no2)cc1. The number of hydrogen-bond acceptors (Lipinski definition) is 5. The first-order valence-electron chi connectivity index (χ1n) is 9.54. The third kappa shape index (κ3) is 4.92. The normalized spacial score (nSPS) is 12.5. The van der Waals surface area contributed by atoms with E-state index < -0.39 is 10.0 Å². The number of hydrogen-bond donors (Lipinski definition) is 0. The Morgan fingerprint density at radius 1 is 1.00 bits per heavy atom. The molecular weight excluding hydrogens is 386 g/mol. The molecule has 0 aliphatic rings. The predicted octanol–water partition coefficient (Wildman–Crippen LogP) is 4.21. The Labute approximate surface area is 172 Å². The zero-order valence-electron chi connectivity index (χ0n) is 17.5. The molecule has 0 fully saturated rings. The minimum Gasteiger partial charge on any atom is -0.334 e. The minimum absolute atomic E-state index is 0.0258. The van der Waals surface area contributed by atoms with Crippen molar-refractivity contribution in [1.82, 2.24) is 14.4 Å². The van der Waals surface area contributed by atoms with E-state index in [0.29, 0.717) is 18.1 Å². The van der Waals surface area contributed by atoms with Gasteiger partial charge in [-0.15, -0.1) is 0 Å². The Kier molecular flexibility index (Phi) is 5.91. The Balaban J connectivity index is 1.67. The molecule has 3 rings (SSSR count). The van der Waals surface area contributed by atoms with Gasteiger partial charge >= 0.3 is 0 Å². The van der Waals surface area contributed by atoms with Gasteiger partial charge in [0.05, 0.1) is 4.90 Å². The summed E-state index contributed by atoms with van der Waals surface area (Å²) < 4.78 is 32.3. The lowest BCUT2D eigenvalue weighted by Crippen LogP contribution is -2.29. The summed E-state index contributed by atoms with van der Waals surface area (Å²) in [6.45, 7) is 8.56. The largest absolute Gasteiger partial charge is 0.334 e. The lowest BCUT2D eigenvalue weighted by Gasteiger charge is -2.20. The van der Waals surface area contributed by atoms with Gasteiger partial charge in [0.1, 0.15) is 0 Å². The zero-order valence-corrected chi connectivity index (χ0v) is 18.3. The molecular formula is C22H27N3O3S. The van der Waals surface area contributed by atoms with E-state index in [4.69, 9.17) is 4.52 Å². The van der Waals surface area contributed by atoms with Gasteiger partial charge in [0.15, 0.2) is 5.82 Å². The summed E-state index contributed by atoms with van der Waals surface area (Å²) in [7, 11) is -2.01. The van der Waals surface area contributed by atoms with Crippen LogP contribution in [0.4, 0.5) is 0 Å². The van der Waals surface area contributed by atoms with Gasteiger partial charge in [-0.2, -0.15) is 4.98 Å². The maximum absolute atomic E-state index is 12.8. The predicted molar refractivity (Wildman–Crippen MR) is 113 cm³/mol. The van der Waals surface area contributed by atoms with E-state index in [-0.39, 0.29) is 16.9 Å². The molecule has 0 saturated heterocycles. The quantitative estimate of drug-likeness (QED) is 0.605. The van der Waals surface area contributed by atoms with Crippen molar-refractivity contribution in [2.75, 3.05) is 13.6 Å². The van der Waals surface area contributed by atoms with Crippen LogP contribution in [0.2, 0.25) is 0 Å². The van der Waals surface area contributed by atoms with E-state index in [0.717, 1.165) is 16.7 Å². The molecule has 0 radical (unpaired) electrons. The third-order valence-electron chi connectivity index (χ3n) is 4.85. The number of sulfonamides is 1. The summed E-state index contributed by atoms with van der Waals surface area (Å²) in [5.74, 6) is 0.911. The summed E-state index contributed by atoms with van der Waals surface area (Å²) in [6, 6.07) is 14.9. The monoisotopic (exact) mass is 413 g/mol. The van der Waals surface area contributed by atoms with E-state index in [9.17, 15) is 8.42 Å². The lowest BCUT2D eigenvalue weighted by molar-refractivity contribution is 0.415. The van der Waals surface area contributed by atoms with Gasteiger partial charge in [0, 0.05) is 25.6 Å². The summed E-state index contributed by atoms with van der Waals surface area (Å²) >= 11 is 0. The minimum atomic E-state index is -3.57. The Bertz CT molecular complexity index is 1060. The average molecular weight is 414 g/mol. The summed E-state index contributed by atoms with van der Waals surface area (Å²) in [5.41, 5.74) is 3.06. The highest BCUT2D eigenvalue weighted by atomic mass is 32.2. The van der Waals surface area contributed by atoms with Gasteiger partial charge in [-0.3, -0.25) is 0 Å². The molecule has 0 saturated carbocycles. The van der Waals surface area contributed by atoms with Crippen LogP contribution in [-0.4, -0.2) is 36.5 Å². The van der Waals surface area contributed by atoms with Crippen LogP contribution in [0.3, 0.4) is 0 Å². The van der Waals surface area contributed by atoms with Crippen LogP contribution in [0.15, 0.2) is 57.9 Å². The van der Waals surface area contributed by atoms with Gasteiger partial charge in [0.25, 0.3) is 5.89 Å². The van der Waals surface area contributed by atoms with Gasteiger partial charge < -0.3 is 4.52 Å². The van der Waals surface area contributed by atoms with Crippen molar-refractivity contribution in [3.63, 3.8) is 0 Å². The fourth-order valence-corrected chi connectivity index (χ4v) is 4.02. The van der Waals surface area contributed by atoms with Crippen molar-refractivity contribution in [2.24, 2.45) is 0 Å². The van der Waals surface area contributed by atoms with Crippen molar-refractivity contribution in [3.05, 3.63) is 65.5 Å². The fourth-order valence-electron chi connectivity index (χ4n) is 2.85. The highest BCUT2D eigenvalue weighted by Gasteiger charge is 2.22. The van der Waals surface area contributed by atoms with Crippen molar-refractivity contribution in [3.8, 4) is 11.5 Å². The lowest BCUT2D eigenvalue weighted by atomic mass is 9.87. The second kappa shape index (κ2) is 8.08. The highest BCUT2D eigenvalue weighted by Crippen LogP contribution is 2.24. The van der Waals surface area contributed by atoms with E-state index >= 15 is 0 Å². The molecule has 0 N–H and O–H groups in total. The molecule has 0 aliphatic carbocycles. The first-order chi connectivity index (χ1) is 13.6. The molecule has 0 atom stereocenters. The molecule has 3 aromatic rings. The molecule has 2 aromatic carbocycles. The number of aryl methyl sites for hydroxylation is 1. The maximum atomic E-state index is 12.8. The number of benzene rings is 2. The molecule has 0 amide bonds. The molecule has 6 nitrogen and oxygen atoms in total. The Morgan fingerprint density at radius 3 is 2.21 bits per heavy atom. The highest BCUT2D eigenvalue weighted by molar-refractivity contribution is 7.89. The third-order valence-corrected chi connectivity index (χ3v) is 6.72. The summed E-state index contributed by atoms with van der Waals surface area (Å²) in [4.78, 5) is 4.66. The van der Waals surface area contributed by atoms with Gasteiger partial charge in [0.2, 0.25) is 10.0 Å². The number of likely N-dealkylation sites (N-methyl/N-ethyl adjacent to an activating group) is 1. The van der Waals surface area contributed by atoms with Gasteiger partial charge in [-0.05, 0) is 42.2 Å². The second-order valence-electron chi connectivity index (χ2n) is 8.23. The van der Waals surface area contributed by atoms with Crippen molar-refractivity contribution in [2.45, 2.75) is 44.4 Å². The molecule has 29 heavy (non-hydrogen) atoms. The molecule has 1 heterocycles. The number of aromatic nitrogens is 2. The van der Waals surface area contributed by atoms with Crippen LogP contribution < -0.4 is 0 Å². The molecule has 0 bridgehead atoms. The standard InChI is InChI=1S/C22H27N3O3S/c1-16-6-8-17(9-7-16)21-23-20(24-28-21)14-15-25(5)29(26,27)19-12-10-18(11-13-19)22(2,3)4/h6-13H,14-15H2,1-5H3.